The molecule has 0 fully saturated rings. The number of oxime groups is 1. The van der Waals surface area contributed by atoms with Crippen molar-refractivity contribution in [1.82, 2.24) is 0 Å². The highest BCUT2D eigenvalue weighted by molar-refractivity contribution is 6.19. The van der Waals surface area contributed by atoms with Crippen molar-refractivity contribution in [3.05, 3.63) is 112 Å². The Morgan fingerprint density at radius 2 is 1.50 bits per heavy atom. The third-order valence-corrected chi connectivity index (χ3v) is 4.71. The van der Waals surface area contributed by atoms with Gasteiger partial charge in [0, 0.05) is 17.2 Å². The number of ketones is 1. The molecular weight excluding hydrogens is 356 g/mol. The molecular formula is C22H16N2O4. The van der Waals surface area contributed by atoms with Gasteiger partial charge in [-0.1, -0.05) is 78.0 Å². The minimum atomic E-state index is -0.871. The van der Waals surface area contributed by atoms with Gasteiger partial charge in [0.05, 0.1) is 10.5 Å². The molecule has 4 rings (SSSR count). The van der Waals surface area contributed by atoms with E-state index in [2.05, 4.69) is 5.16 Å². The van der Waals surface area contributed by atoms with Crippen LogP contribution in [0.3, 0.4) is 0 Å². The number of hydrogen-bond donors (Lipinski definition) is 0. The summed E-state index contributed by atoms with van der Waals surface area (Å²) in [6.07, 6.45) is -0.871. The Morgan fingerprint density at radius 1 is 0.893 bits per heavy atom. The van der Waals surface area contributed by atoms with Crippen LogP contribution in [0.25, 0.3) is 0 Å². The Labute approximate surface area is 161 Å². The molecule has 28 heavy (non-hydrogen) atoms. The summed E-state index contributed by atoms with van der Waals surface area (Å²) in [4.78, 5) is 30.0. The second kappa shape index (κ2) is 7.44. The minimum absolute atomic E-state index is 0.0946. The van der Waals surface area contributed by atoms with Gasteiger partial charge in [-0.25, -0.2) is 0 Å². The maximum Gasteiger partial charge on any atom is 0.276 e. The molecule has 0 spiro atoms. The molecule has 6 heteroatoms. The molecule has 0 unspecified atom stereocenters. The lowest BCUT2D eigenvalue weighted by Crippen LogP contribution is -2.27. The van der Waals surface area contributed by atoms with E-state index in [9.17, 15) is 14.9 Å². The molecule has 3 aromatic carbocycles. The highest BCUT2D eigenvalue weighted by Crippen LogP contribution is 2.40. The fourth-order valence-electron chi connectivity index (χ4n) is 3.39. The summed E-state index contributed by atoms with van der Waals surface area (Å²) in [6, 6.07) is 24.4. The van der Waals surface area contributed by atoms with Crippen LogP contribution in [-0.2, 0) is 4.84 Å². The number of rotatable bonds is 5. The number of nitrogens with zero attached hydrogens (tertiary/aromatic N) is 2. The van der Waals surface area contributed by atoms with E-state index in [1.165, 1.54) is 6.07 Å². The average Bonchev–Trinajstić information content (AvgIpc) is 3.19. The highest BCUT2D eigenvalue weighted by atomic mass is 16.6. The quantitative estimate of drug-likeness (QED) is 0.373. The van der Waals surface area contributed by atoms with Crippen LogP contribution in [0.4, 0.5) is 5.69 Å². The van der Waals surface area contributed by atoms with Crippen LogP contribution in [-0.4, -0.2) is 16.4 Å². The smallest absolute Gasteiger partial charge is 0.276 e. The summed E-state index contributed by atoms with van der Waals surface area (Å²) in [5.74, 6) is -0.977. The first-order valence-corrected chi connectivity index (χ1v) is 8.78. The lowest BCUT2D eigenvalue weighted by atomic mass is 9.82. The van der Waals surface area contributed by atoms with Crippen molar-refractivity contribution in [1.29, 1.82) is 0 Å². The summed E-state index contributed by atoms with van der Waals surface area (Å²) in [6.45, 7) is 0. The molecule has 0 aromatic heterocycles. The van der Waals surface area contributed by atoms with E-state index >= 15 is 0 Å². The maximum atomic E-state index is 13.4. The second-order valence-electron chi connectivity index (χ2n) is 6.39. The van der Waals surface area contributed by atoms with Crippen molar-refractivity contribution in [2.45, 2.75) is 6.10 Å². The van der Waals surface area contributed by atoms with E-state index in [1.54, 1.807) is 42.5 Å². The third-order valence-electron chi connectivity index (χ3n) is 4.71. The van der Waals surface area contributed by atoms with E-state index in [-0.39, 0.29) is 11.5 Å². The van der Waals surface area contributed by atoms with Gasteiger partial charge in [0.15, 0.2) is 11.9 Å². The molecule has 6 nitrogen and oxygen atoms in total. The molecule has 0 amide bonds. The number of nitro groups is 1. The van der Waals surface area contributed by atoms with E-state index in [4.69, 9.17) is 4.84 Å². The molecule has 1 aliphatic rings. The van der Waals surface area contributed by atoms with Crippen LogP contribution >= 0.6 is 0 Å². The number of Topliss-reactive ketones (excluding diaryl/α,β-unsaturated/α-hetero) is 1. The monoisotopic (exact) mass is 372 g/mol. The Hall–Kier alpha value is -3.80. The van der Waals surface area contributed by atoms with Gasteiger partial charge in [-0.2, -0.15) is 0 Å². The van der Waals surface area contributed by atoms with Crippen LogP contribution in [0, 0.1) is 16.0 Å². The van der Waals surface area contributed by atoms with Crippen LogP contribution in [0.1, 0.15) is 27.6 Å². The minimum Gasteiger partial charge on any atom is -0.386 e. The largest absolute Gasteiger partial charge is 0.386 e. The van der Waals surface area contributed by atoms with Crippen LogP contribution in [0.2, 0.25) is 0 Å². The van der Waals surface area contributed by atoms with Crippen LogP contribution < -0.4 is 0 Å². The van der Waals surface area contributed by atoms with Gasteiger partial charge in [-0.15, -0.1) is 0 Å². The predicted octanol–water partition coefficient (Wildman–Crippen LogP) is 4.57. The lowest BCUT2D eigenvalue weighted by molar-refractivity contribution is -0.386. The van der Waals surface area contributed by atoms with Gasteiger partial charge >= 0.3 is 0 Å². The summed E-state index contributed by atoms with van der Waals surface area (Å²) in [5, 5.41) is 15.7. The van der Waals surface area contributed by atoms with Gasteiger partial charge in [0.25, 0.3) is 5.69 Å². The number of carbonyl (C=O) groups excluding carboxylic acids is 1. The number of benzene rings is 3. The zero-order valence-corrected chi connectivity index (χ0v) is 14.8. The average molecular weight is 372 g/mol. The van der Waals surface area contributed by atoms with Crippen molar-refractivity contribution in [2.24, 2.45) is 11.1 Å². The van der Waals surface area contributed by atoms with Gasteiger partial charge < -0.3 is 4.84 Å². The molecule has 0 radical (unpaired) electrons. The molecule has 0 saturated carbocycles. The van der Waals surface area contributed by atoms with Gasteiger partial charge in [-0.05, 0) is 6.07 Å². The van der Waals surface area contributed by atoms with Crippen LogP contribution in [0.15, 0.2) is 90.1 Å². The van der Waals surface area contributed by atoms with Crippen molar-refractivity contribution in [3.63, 3.8) is 0 Å². The van der Waals surface area contributed by atoms with E-state index in [0.29, 0.717) is 16.8 Å². The van der Waals surface area contributed by atoms with Crippen molar-refractivity contribution >= 4 is 17.2 Å². The van der Waals surface area contributed by atoms with Crippen molar-refractivity contribution in [2.75, 3.05) is 0 Å². The molecule has 0 aliphatic carbocycles. The van der Waals surface area contributed by atoms with Crippen LogP contribution in [0.5, 0.6) is 0 Å². The first kappa shape index (κ1) is 17.6. The van der Waals surface area contributed by atoms with Gasteiger partial charge in [0.2, 0.25) is 0 Å². The summed E-state index contributed by atoms with van der Waals surface area (Å²) in [7, 11) is 0. The van der Waals surface area contributed by atoms with E-state index in [1.807, 2.05) is 36.4 Å². The van der Waals surface area contributed by atoms with Gasteiger partial charge in [0.1, 0.15) is 11.6 Å². The zero-order valence-electron chi connectivity index (χ0n) is 14.8. The fraction of sp³-hybridized carbons (Fsp3) is 0.0909. The molecule has 2 atom stereocenters. The number of nitro benzene ring substituents is 1. The van der Waals surface area contributed by atoms with Crippen molar-refractivity contribution in [3.8, 4) is 0 Å². The molecule has 1 heterocycles. The fourth-order valence-corrected chi connectivity index (χ4v) is 3.39. The summed E-state index contributed by atoms with van der Waals surface area (Å²) < 4.78 is 0. The Balaban J connectivity index is 1.82. The number of para-hydroxylation sites is 1. The molecule has 3 aromatic rings. The van der Waals surface area contributed by atoms with Crippen molar-refractivity contribution < 1.29 is 14.6 Å². The molecule has 0 N–H and O–H groups in total. The highest BCUT2D eigenvalue weighted by Gasteiger charge is 2.44. The second-order valence-corrected chi connectivity index (χ2v) is 6.39. The predicted molar refractivity (Wildman–Crippen MR) is 104 cm³/mol. The topological polar surface area (TPSA) is 81.8 Å². The maximum absolute atomic E-state index is 13.4. The zero-order chi connectivity index (χ0) is 19.5. The Morgan fingerprint density at radius 3 is 2.18 bits per heavy atom. The molecule has 1 aliphatic heterocycles. The normalized spacial score (nSPS) is 18.2. The standard InChI is InChI=1S/C22H16N2O4/c25-21(16-11-5-2-6-12-16)19-20(15-9-3-1-4-10-15)23-28-22(19)17-13-7-8-14-18(17)24(26)27/h1-14,19,22H/t19-,22-/m0/s1. The first-order valence-electron chi connectivity index (χ1n) is 8.78. The molecule has 0 bridgehead atoms. The number of hydrogen-bond acceptors (Lipinski definition) is 5. The first-order chi connectivity index (χ1) is 13.7. The lowest BCUT2D eigenvalue weighted by Gasteiger charge is -2.18. The Bertz CT molecular complexity index is 1050. The summed E-state index contributed by atoms with van der Waals surface area (Å²) >= 11 is 0. The van der Waals surface area contributed by atoms with E-state index in [0.717, 1.165) is 5.56 Å². The molecule has 0 saturated heterocycles. The SMILES string of the molecule is O=C(c1ccccc1)[C@@H]1C(c2ccccc2)=NO[C@H]1c1ccccc1[N+](=O)[O-]. The molecule has 138 valence electrons. The third kappa shape index (κ3) is 3.16. The summed E-state index contributed by atoms with van der Waals surface area (Å²) in [5.41, 5.74) is 1.96. The van der Waals surface area contributed by atoms with Gasteiger partial charge in [-0.3, -0.25) is 14.9 Å². The number of carbonyl (C=O) groups is 1. The Kier molecular flexibility index (Phi) is 4.68. The van der Waals surface area contributed by atoms with E-state index < -0.39 is 16.9 Å².